The van der Waals surface area contributed by atoms with Gasteiger partial charge in [-0.25, -0.2) is 0 Å². The first-order valence-corrected chi connectivity index (χ1v) is 38.9. The predicted molar refractivity (Wildman–Crippen MR) is 492 cm³/mol. The van der Waals surface area contributed by atoms with Gasteiger partial charge in [0, 0.05) is 99.1 Å². The number of para-hydroxylation sites is 8. The molecule has 8 heteroatoms. The molecule has 0 spiro atoms. The molecule has 0 saturated carbocycles. The van der Waals surface area contributed by atoms with Gasteiger partial charge in [0.1, 0.15) is 0 Å². The van der Waals surface area contributed by atoms with E-state index in [0.29, 0.717) is 67.0 Å². The molecule has 7 heterocycles. The number of anilines is 6. The largest absolute Gasteiger partial charge is 0.452 e. The highest BCUT2D eigenvalue weighted by Gasteiger charge is 2.46. The van der Waals surface area contributed by atoms with E-state index in [-0.39, 0.29) is 104 Å². The van der Waals surface area contributed by atoms with Crippen molar-refractivity contribution in [2.75, 3.05) is 9.80 Å². The summed E-state index contributed by atoms with van der Waals surface area (Å²) in [4.78, 5) is 4.31. The SMILES string of the molecule is [2H]c1c([2H])c([2H])c2c(c1[2H])c1c([2H])c([2H])c([2H])c([2H])c1n2-c1ccc2c(c1)N(c1c(-c3ccccc3)cc(C(C)(C)C)cc1-c1ccccc1)c1cc(-n3c4ccc(C(C)(C)C)cc4c4cc(C(C)(C)C)ccc43)cc3c1B2c1ccc(-n2c4c([2H])c([2H])c([2H])c([2H])c4c4c([2H])c([2H])c([2H])c([2H])c42)cc1N3c1cccc2c1oc1c(-n3c4c([2H])c([2H])c([2H])c([2H])c4c4c([2H])c([2H])c([2H])c([2H])c43)cccc12. The highest BCUT2D eigenvalue weighted by atomic mass is 16.3. The van der Waals surface area contributed by atoms with Gasteiger partial charge >= 0.3 is 0 Å². The first-order valence-electron chi connectivity index (χ1n) is 50.9. The van der Waals surface area contributed by atoms with Gasteiger partial charge in [-0.05, 0) is 182 Å². The Hall–Kier alpha value is -13.8. The summed E-state index contributed by atoms with van der Waals surface area (Å²) < 4.78 is 243. The second kappa shape index (κ2) is 24.8. The molecule has 0 unspecified atom stereocenters. The van der Waals surface area contributed by atoms with E-state index in [1.54, 1.807) is 24.3 Å². The van der Waals surface area contributed by atoms with Crippen LogP contribution in [0.2, 0.25) is 0 Å². The summed E-state index contributed by atoms with van der Waals surface area (Å²) in [5.74, 6) is 0. The summed E-state index contributed by atoms with van der Waals surface area (Å²) in [5.41, 5.74) is 11.7. The molecule has 0 amide bonds. The molecule has 23 rings (SSSR count). The standard InChI is InChI=1S/C108H83BN6O/c1-106(2,3)68-50-56-94-84(58-68)85-59-69(107(4,5)6)51-57-95(85)112(94)73-64-100-102-101(65-73)115(103-82(66-30-12-10-13-31-66)60-70(108(7,8)9)61-83(103)67-32-14-11-15-33-67)99-63-72(111-90-44-24-18-36-76(90)77-37-19-25-45-91(77)111)53-55-87(99)109(102)86-54-52-71(110-88-42-22-16-34-74(88)75-35-17-23-43-89(75)110)62-98(86)114(100)97-49-29-41-81-80-40-28-48-96(104(80)116-105(81)97)113-92-46-26-20-38-78(92)79-39-21-27-47-93(79)113/h10-65H,1-9H3/i16D,17D,18D,19D,20D,21D,22D,23D,24D,25D,26D,27D,34D,35D,36D,37D,38D,39D,42D,43D,44D,45D,46D,47D. The lowest BCUT2D eigenvalue weighted by Gasteiger charge is -2.45. The summed E-state index contributed by atoms with van der Waals surface area (Å²) in [7, 11) is 0. The maximum atomic E-state index is 10.0. The van der Waals surface area contributed by atoms with Crippen LogP contribution in [0, 0.1) is 0 Å². The molecule has 7 nitrogen and oxygen atoms in total. The molecule has 21 aromatic rings. The Labute approximate surface area is 708 Å². The Bertz CT molecular complexity index is 8920. The Morgan fingerprint density at radius 2 is 0.629 bits per heavy atom. The predicted octanol–water partition coefficient (Wildman–Crippen LogP) is 27.3. The van der Waals surface area contributed by atoms with Crippen LogP contribution in [0.15, 0.2) is 344 Å². The van der Waals surface area contributed by atoms with Gasteiger partial charge in [0.25, 0.3) is 6.71 Å². The van der Waals surface area contributed by atoms with Crippen molar-refractivity contribution in [1.82, 2.24) is 18.3 Å². The molecule has 554 valence electrons. The lowest BCUT2D eigenvalue weighted by Crippen LogP contribution is -2.61. The van der Waals surface area contributed by atoms with Crippen molar-refractivity contribution in [3.63, 3.8) is 0 Å². The van der Waals surface area contributed by atoms with Gasteiger partial charge in [-0.3, -0.25) is 0 Å². The molecular weight excluding hydrogens is 1410 g/mol. The van der Waals surface area contributed by atoms with Crippen molar-refractivity contribution < 1.29 is 37.3 Å². The number of furan rings is 1. The van der Waals surface area contributed by atoms with E-state index in [9.17, 15) is 30.2 Å². The minimum absolute atomic E-state index is 0.113. The molecule has 2 aliphatic heterocycles. The fraction of sp³-hybridized carbons (Fsp3) is 0.111. The lowest BCUT2D eigenvalue weighted by atomic mass is 9.33. The van der Waals surface area contributed by atoms with E-state index in [1.165, 1.54) is 13.7 Å². The Balaban J connectivity index is 0.945. The summed E-state index contributed by atoms with van der Waals surface area (Å²) in [6.07, 6.45) is 0. The van der Waals surface area contributed by atoms with Gasteiger partial charge in [0.2, 0.25) is 0 Å². The van der Waals surface area contributed by atoms with Crippen molar-refractivity contribution >= 4 is 166 Å². The second-order valence-corrected chi connectivity index (χ2v) is 33.4. The first-order chi connectivity index (χ1) is 66.4. The highest BCUT2D eigenvalue weighted by molar-refractivity contribution is 7.00. The average Bonchev–Trinajstić information content (AvgIpc) is 0.723. The van der Waals surface area contributed by atoms with Crippen LogP contribution in [0.1, 0.15) is 112 Å². The number of hydrogen-bond acceptors (Lipinski definition) is 3. The maximum absolute atomic E-state index is 10.0. The molecule has 0 saturated heterocycles. The van der Waals surface area contributed by atoms with Crippen LogP contribution in [-0.4, -0.2) is 25.0 Å². The molecule has 116 heavy (non-hydrogen) atoms. The molecule has 5 aromatic heterocycles. The van der Waals surface area contributed by atoms with Gasteiger partial charge in [-0.1, -0.05) is 280 Å². The maximum Gasteiger partial charge on any atom is 0.252 e. The summed E-state index contributed by atoms with van der Waals surface area (Å²) in [6, 6.07) is 49.8. The fourth-order valence-corrected chi connectivity index (χ4v) is 18.2. The molecule has 0 atom stereocenters. The number of benzene rings is 16. The number of rotatable bonds is 8. The third-order valence-electron chi connectivity index (χ3n) is 23.7. The average molecular weight is 1520 g/mol. The smallest absolute Gasteiger partial charge is 0.252 e. The third kappa shape index (κ3) is 9.98. The van der Waals surface area contributed by atoms with Gasteiger partial charge in [0.15, 0.2) is 11.2 Å². The molecule has 0 radical (unpaired) electrons. The number of nitrogens with zero attached hydrogens (tertiary/aromatic N) is 6. The van der Waals surface area contributed by atoms with Gasteiger partial charge in [-0.15, -0.1) is 0 Å². The zero-order chi connectivity index (χ0) is 98.8. The van der Waals surface area contributed by atoms with E-state index in [4.69, 9.17) is 7.16 Å². The van der Waals surface area contributed by atoms with Crippen LogP contribution in [0.25, 0.3) is 154 Å². The summed E-state index contributed by atoms with van der Waals surface area (Å²) >= 11 is 0. The van der Waals surface area contributed by atoms with Crippen LogP contribution in [-0.2, 0) is 16.2 Å². The minimum Gasteiger partial charge on any atom is -0.452 e. The third-order valence-corrected chi connectivity index (χ3v) is 23.7. The Morgan fingerprint density at radius 3 is 1.05 bits per heavy atom. The van der Waals surface area contributed by atoms with Crippen LogP contribution in [0.3, 0.4) is 0 Å². The van der Waals surface area contributed by atoms with Gasteiger partial charge in [-0.2, -0.15) is 0 Å². The minimum atomic E-state index is -0.984. The Kier molecular flexibility index (Phi) is 10.2. The highest BCUT2D eigenvalue weighted by Crippen LogP contribution is 2.55. The van der Waals surface area contributed by atoms with Crippen LogP contribution < -0.4 is 26.2 Å². The van der Waals surface area contributed by atoms with Crippen molar-refractivity contribution in [2.24, 2.45) is 0 Å². The lowest BCUT2D eigenvalue weighted by molar-refractivity contribution is 0.590. The molecule has 16 aromatic carbocycles. The number of fused-ring (bicyclic) bond motifs is 19. The van der Waals surface area contributed by atoms with Crippen LogP contribution in [0.5, 0.6) is 0 Å². The quantitative estimate of drug-likeness (QED) is 0.142. The van der Waals surface area contributed by atoms with Crippen molar-refractivity contribution in [1.29, 1.82) is 0 Å². The first kappa shape index (κ1) is 47.6. The monoisotopic (exact) mass is 1510 g/mol. The molecule has 0 bridgehead atoms. The van der Waals surface area contributed by atoms with Crippen molar-refractivity contribution in [2.45, 2.75) is 78.6 Å². The van der Waals surface area contributed by atoms with E-state index >= 15 is 0 Å². The summed E-state index contributed by atoms with van der Waals surface area (Å²) in [5, 5.41) is 1.84. The summed E-state index contributed by atoms with van der Waals surface area (Å²) in [6.45, 7) is 18.5. The van der Waals surface area contributed by atoms with Gasteiger partial charge < -0.3 is 32.5 Å². The molecule has 0 fully saturated rings. The van der Waals surface area contributed by atoms with Crippen molar-refractivity contribution in [3.05, 3.63) is 356 Å². The zero-order valence-electron chi connectivity index (χ0n) is 88.6. The molecule has 0 N–H and O–H groups in total. The van der Waals surface area contributed by atoms with Crippen LogP contribution in [0.4, 0.5) is 34.1 Å². The number of aromatic nitrogens is 4. The molecular formula is C108H83BN6O. The van der Waals surface area contributed by atoms with E-state index in [2.05, 4.69) is 162 Å². The number of hydrogen-bond donors (Lipinski definition) is 0. The topological polar surface area (TPSA) is 39.3 Å². The Morgan fingerprint density at radius 1 is 0.267 bits per heavy atom. The van der Waals surface area contributed by atoms with Gasteiger partial charge in [0.05, 0.1) is 99.8 Å². The zero-order valence-corrected chi connectivity index (χ0v) is 64.6. The molecule has 2 aliphatic rings. The normalized spacial score (nSPS) is 16.1. The van der Waals surface area contributed by atoms with E-state index < -0.39 is 157 Å². The van der Waals surface area contributed by atoms with Crippen LogP contribution >= 0.6 is 0 Å². The second-order valence-electron chi connectivity index (χ2n) is 33.4. The van der Waals surface area contributed by atoms with E-state index in [1.807, 2.05) is 84.9 Å². The molecule has 0 aliphatic carbocycles. The fourth-order valence-electron chi connectivity index (χ4n) is 18.2. The van der Waals surface area contributed by atoms with Crippen molar-refractivity contribution in [3.8, 4) is 45.0 Å². The van der Waals surface area contributed by atoms with E-state index in [0.717, 1.165) is 60.8 Å².